The fraction of sp³-hybridized carbons (Fsp3) is 0.0222. The molecule has 4 nitrogen and oxygen atoms in total. The van der Waals surface area contributed by atoms with Crippen LogP contribution in [0.4, 0.5) is 0 Å². The van der Waals surface area contributed by atoms with Crippen molar-refractivity contribution in [1.29, 1.82) is 0 Å². The molecule has 0 saturated heterocycles. The van der Waals surface area contributed by atoms with E-state index in [-0.39, 0.29) is 0 Å². The van der Waals surface area contributed by atoms with Crippen molar-refractivity contribution in [3.8, 4) is 11.1 Å². The summed E-state index contributed by atoms with van der Waals surface area (Å²) in [6.45, 7) is 0. The molecule has 1 aromatic heterocycles. The largest absolute Gasteiger partial charge is 0.455 e. The van der Waals surface area contributed by atoms with Crippen LogP contribution in [0, 0.1) is 0 Å². The second-order valence-electron chi connectivity index (χ2n) is 12.6. The number of furan rings is 1. The maximum absolute atomic E-state index is 6.62. The van der Waals surface area contributed by atoms with Gasteiger partial charge in [0.1, 0.15) is 22.8 Å². The Morgan fingerprint density at radius 1 is 0.449 bits per heavy atom. The molecule has 1 N–H and O–H groups in total. The Kier molecular flexibility index (Phi) is 6.21. The van der Waals surface area contributed by atoms with Gasteiger partial charge in [0.15, 0.2) is 6.17 Å². The molecule has 230 valence electrons. The third-order valence-corrected chi connectivity index (χ3v) is 9.70. The predicted octanol–water partition coefficient (Wildman–Crippen LogP) is 11.2. The van der Waals surface area contributed by atoms with E-state index >= 15 is 0 Å². The van der Waals surface area contributed by atoms with Crippen molar-refractivity contribution in [2.75, 3.05) is 0 Å². The quantitative estimate of drug-likeness (QED) is 0.197. The van der Waals surface area contributed by atoms with Crippen LogP contribution in [0.2, 0.25) is 0 Å². The van der Waals surface area contributed by atoms with E-state index in [1.807, 2.05) is 18.2 Å². The van der Waals surface area contributed by atoms with Gasteiger partial charge in [0.05, 0.1) is 0 Å². The fourth-order valence-corrected chi connectivity index (χ4v) is 7.27. The number of hydrogen-bond donors (Lipinski definition) is 1. The number of para-hydroxylation sites is 1. The lowest BCUT2D eigenvalue weighted by atomic mass is 9.97. The van der Waals surface area contributed by atoms with Gasteiger partial charge in [0.2, 0.25) is 0 Å². The number of hydrogen-bond acceptors (Lipinski definition) is 4. The number of amidine groups is 2. The average molecular weight is 628 g/mol. The molecule has 1 aliphatic rings. The molecule has 1 atom stereocenters. The normalized spacial score (nSPS) is 14.7. The monoisotopic (exact) mass is 627 g/mol. The van der Waals surface area contributed by atoms with E-state index in [1.54, 1.807) is 0 Å². The molecule has 0 saturated carbocycles. The first-order chi connectivity index (χ1) is 24.3. The lowest BCUT2D eigenvalue weighted by Gasteiger charge is -2.23. The van der Waals surface area contributed by atoms with E-state index in [0.29, 0.717) is 0 Å². The van der Waals surface area contributed by atoms with E-state index in [9.17, 15) is 0 Å². The summed E-state index contributed by atoms with van der Waals surface area (Å²) in [5.74, 6) is 1.55. The maximum Gasteiger partial charge on any atom is 0.169 e. The van der Waals surface area contributed by atoms with Crippen molar-refractivity contribution in [1.82, 2.24) is 5.32 Å². The molecule has 8 aromatic carbocycles. The highest BCUT2D eigenvalue weighted by atomic mass is 16.3. The van der Waals surface area contributed by atoms with Gasteiger partial charge < -0.3 is 9.73 Å². The highest BCUT2D eigenvalue weighted by Gasteiger charge is 2.25. The Morgan fingerprint density at radius 2 is 1.10 bits per heavy atom. The minimum Gasteiger partial charge on any atom is -0.455 e. The minimum absolute atomic E-state index is 0.455. The van der Waals surface area contributed by atoms with Crippen molar-refractivity contribution < 1.29 is 4.42 Å². The van der Waals surface area contributed by atoms with Gasteiger partial charge in [-0.2, -0.15) is 0 Å². The highest BCUT2D eigenvalue weighted by Crippen LogP contribution is 2.39. The second kappa shape index (κ2) is 11.0. The molecule has 49 heavy (non-hydrogen) atoms. The number of rotatable bonds is 4. The first kappa shape index (κ1) is 27.6. The Labute approximate surface area is 282 Å². The van der Waals surface area contributed by atoms with Crippen LogP contribution >= 0.6 is 0 Å². The van der Waals surface area contributed by atoms with Crippen molar-refractivity contribution in [3.63, 3.8) is 0 Å². The third-order valence-electron chi connectivity index (χ3n) is 9.70. The standard InChI is InChI=1S/C45H29N3O/c1-2-11-29(12-3-1)36-24-25-38(41-37-16-8-9-17-40(37)49-42(36)41)45-47-43(33-22-18-28-10-4-5-14-32(28)26-33)46-44(48-45)34-23-21-31-20-19-30-13-6-7-15-35(30)39(31)27-34/h1-27,44H,(H,46,47,48). The third kappa shape index (κ3) is 4.61. The predicted molar refractivity (Wildman–Crippen MR) is 204 cm³/mol. The average Bonchev–Trinajstić information content (AvgIpc) is 3.57. The van der Waals surface area contributed by atoms with Crippen LogP contribution in [-0.2, 0) is 0 Å². The summed E-state index contributed by atoms with van der Waals surface area (Å²) in [6.07, 6.45) is -0.455. The van der Waals surface area contributed by atoms with Crippen molar-refractivity contribution in [2.45, 2.75) is 6.17 Å². The molecule has 1 unspecified atom stereocenters. The van der Waals surface area contributed by atoms with Gasteiger partial charge in [-0.15, -0.1) is 0 Å². The van der Waals surface area contributed by atoms with Crippen molar-refractivity contribution in [3.05, 3.63) is 180 Å². The molecule has 0 bridgehead atoms. The van der Waals surface area contributed by atoms with E-state index < -0.39 is 6.17 Å². The van der Waals surface area contributed by atoms with E-state index in [2.05, 4.69) is 151 Å². The summed E-state index contributed by atoms with van der Waals surface area (Å²) in [5.41, 5.74) is 6.87. The highest BCUT2D eigenvalue weighted by molar-refractivity contribution is 6.25. The van der Waals surface area contributed by atoms with Crippen LogP contribution < -0.4 is 5.32 Å². The molecule has 0 spiro atoms. The number of nitrogens with zero attached hydrogens (tertiary/aromatic N) is 2. The van der Waals surface area contributed by atoms with Crippen LogP contribution in [-0.4, -0.2) is 11.7 Å². The summed E-state index contributed by atoms with van der Waals surface area (Å²) in [4.78, 5) is 10.6. The van der Waals surface area contributed by atoms with Gasteiger partial charge >= 0.3 is 0 Å². The van der Waals surface area contributed by atoms with Gasteiger partial charge in [-0.25, -0.2) is 9.98 Å². The summed E-state index contributed by atoms with van der Waals surface area (Å²) < 4.78 is 6.62. The number of fused-ring (bicyclic) bond motifs is 7. The van der Waals surface area contributed by atoms with Crippen molar-refractivity contribution in [2.24, 2.45) is 9.98 Å². The van der Waals surface area contributed by atoms with Crippen LogP contribution in [0.3, 0.4) is 0 Å². The molecule has 0 aliphatic carbocycles. The van der Waals surface area contributed by atoms with E-state index in [4.69, 9.17) is 14.4 Å². The molecule has 4 heteroatoms. The Morgan fingerprint density at radius 3 is 1.98 bits per heavy atom. The molecule has 1 aliphatic heterocycles. The lowest BCUT2D eigenvalue weighted by molar-refractivity contribution is 0.670. The van der Waals surface area contributed by atoms with Crippen LogP contribution in [0.1, 0.15) is 22.9 Å². The Hall–Kier alpha value is -6.52. The summed E-state index contributed by atoms with van der Waals surface area (Å²) in [5, 5.41) is 13.0. The maximum atomic E-state index is 6.62. The van der Waals surface area contributed by atoms with Crippen molar-refractivity contribution >= 4 is 65.9 Å². The molecule has 2 heterocycles. The topological polar surface area (TPSA) is 49.9 Å². The molecule has 0 radical (unpaired) electrons. The zero-order chi connectivity index (χ0) is 32.3. The van der Waals surface area contributed by atoms with Gasteiger partial charge in [-0.3, -0.25) is 0 Å². The zero-order valence-corrected chi connectivity index (χ0v) is 26.5. The van der Waals surface area contributed by atoms with Gasteiger partial charge in [-0.1, -0.05) is 133 Å². The second-order valence-corrected chi connectivity index (χ2v) is 12.6. The summed E-state index contributed by atoms with van der Waals surface area (Å²) >= 11 is 0. The van der Waals surface area contributed by atoms with Crippen LogP contribution in [0.5, 0.6) is 0 Å². The molecule has 0 amide bonds. The molecule has 0 fully saturated rings. The van der Waals surface area contributed by atoms with Crippen LogP contribution in [0.15, 0.2) is 178 Å². The Bertz CT molecular complexity index is 2810. The first-order valence-corrected chi connectivity index (χ1v) is 16.6. The van der Waals surface area contributed by atoms with Crippen LogP contribution in [0.25, 0.3) is 65.4 Å². The molecular formula is C45H29N3O. The summed E-state index contributed by atoms with van der Waals surface area (Å²) in [6, 6.07) is 57.5. The molecule has 9 aromatic rings. The number of nitrogens with one attached hydrogen (secondary N) is 1. The van der Waals surface area contributed by atoms with E-state index in [0.717, 1.165) is 66.8 Å². The van der Waals surface area contributed by atoms with Gasteiger partial charge in [-0.05, 0) is 73.8 Å². The number of aliphatic imine (C=N–C) groups is 2. The lowest BCUT2D eigenvalue weighted by Crippen LogP contribution is -2.36. The smallest absolute Gasteiger partial charge is 0.169 e. The van der Waals surface area contributed by atoms with E-state index in [1.165, 1.54) is 26.9 Å². The zero-order valence-electron chi connectivity index (χ0n) is 26.5. The SMILES string of the molecule is c1ccc(-c2ccc(C3=NC(c4ccc5ccc6ccccc6c5c4)N=C(c4ccc5ccccc5c4)N3)c3c2oc2ccccc23)cc1. The van der Waals surface area contributed by atoms with Gasteiger partial charge in [0.25, 0.3) is 0 Å². The first-order valence-electron chi connectivity index (χ1n) is 16.6. The Balaban J connectivity index is 1.20. The molecule has 10 rings (SSSR count). The minimum atomic E-state index is -0.455. The summed E-state index contributed by atoms with van der Waals surface area (Å²) in [7, 11) is 0. The number of benzene rings is 8. The fourth-order valence-electron chi connectivity index (χ4n) is 7.27. The molecular weight excluding hydrogens is 599 g/mol. The van der Waals surface area contributed by atoms with Gasteiger partial charge in [0, 0.05) is 27.5 Å².